The summed E-state index contributed by atoms with van der Waals surface area (Å²) in [5.74, 6) is -0.811. The van der Waals surface area contributed by atoms with Crippen LogP contribution in [0.1, 0.15) is 51.0 Å². The smallest absolute Gasteiger partial charge is 0.428 e. The molecule has 0 aliphatic rings. The van der Waals surface area contributed by atoms with Crippen molar-refractivity contribution in [3.8, 4) is 11.1 Å². The molecule has 0 bridgehead atoms. The Morgan fingerprint density at radius 3 is 2.47 bits per heavy atom. The molecule has 2 amide bonds. The first kappa shape index (κ1) is 33.8. The van der Waals surface area contributed by atoms with E-state index < -0.39 is 27.5 Å². The SMILES string of the molecule is CCOC(=O)CCC(=O)Nc1cccc(C)c1-c1cccc(S(=O)(=O)c2cc(C=NNC(=O)OC(C)(C)C)sc2SC)c1. The second kappa shape index (κ2) is 14.7. The molecular weight excluding hydrogens is 611 g/mol. The topological polar surface area (TPSA) is 140 Å². The van der Waals surface area contributed by atoms with Gasteiger partial charge < -0.3 is 14.8 Å². The van der Waals surface area contributed by atoms with Gasteiger partial charge in [-0.25, -0.2) is 18.6 Å². The van der Waals surface area contributed by atoms with Gasteiger partial charge in [-0.1, -0.05) is 24.3 Å². The Bertz CT molecular complexity index is 1620. The number of rotatable bonds is 11. The fourth-order valence-corrected chi connectivity index (χ4v) is 7.92. The molecule has 1 aromatic heterocycles. The summed E-state index contributed by atoms with van der Waals surface area (Å²) in [5.41, 5.74) is 4.19. The highest BCUT2D eigenvalue weighted by Gasteiger charge is 2.25. The Balaban J connectivity index is 1.89. The minimum absolute atomic E-state index is 0.0449. The number of sulfone groups is 1. The average Bonchev–Trinajstić information content (AvgIpc) is 3.35. The van der Waals surface area contributed by atoms with Crippen LogP contribution in [0.25, 0.3) is 11.1 Å². The molecule has 3 rings (SSSR count). The lowest BCUT2D eigenvalue weighted by Gasteiger charge is -2.18. The van der Waals surface area contributed by atoms with Crippen molar-refractivity contribution >= 4 is 62.8 Å². The normalized spacial score (nSPS) is 11.8. The molecule has 2 N–H and O–H groups in total. The molecule has 0 saturated heterocycles. The van der Waals surface area contributed by atoms with Gasteiger partial charge in [0.15, 0.2) is 0 Å². The summed E-state index contributed by atoms with van der Waals surface area (Å²) in [4.78, 5) is 36.9. The van der Waals surface area contributed by atoms with E-state index >= 15 is 0 Å². The lowest BCUT2D eigenvalue weighted by molar-refractivity contribution is -0.144. The largest absolute Gasteiger partial charge is 0.466 e. The van der Waals surface area contributed by atoms with E-state index in [1.54, 1.807) is 64.3 Å². The van der Waals surface area contributed by atoms with E-state index in [0.29, 0.717) is 25.9 Å². The number of nitrogens with zero attached hydrogens (tertiary/aromatic N) is 1. The van der Waals surface area contributed by atoms with Crippen molar-refractivity contribution in [2.24, 2.45) is 5.10 Å². The van der Waals surface area contributed by atoms with Crippen LogP contribution in [0.4, 0.5) is 10.5 Å². The number of hydrazone groups is 1. The number of esters is 1. The molecule has 3 aromatic rings. The van der Waals surface area contributed by atoms with Crippen molar-refractivity contribution in [3.63, 3.8) is 0 Å². The zero-order valence-electron chi connectivity index (χ0n) is 24.8. The Hall–Kier alpha value is -3.68. The van der Waals surface area contributed by atoms with E-state index in [-0.39, 0.29) is 35.1 Å². The standard InChI is InChI=1S/C30H35N3O7S3/c1-7-39-26(35)15-14-25(34)32-23-13-8-10-19(2)27(23)20-11-9-12-22(16-20)43(37,38)24-17-21(42-28(24)41-6)18-31-33-29(36)40-30(3,4)5/h8-13,16-18H,7,14-15H2,1-6H3,(H,32,34)(H,33,36). The molecule has 13 heteroatoms. The van der Waals surface area contributed by atoms with Crippen molar-refractivity contribution in [3.05, 3.63) is 59.0 Å². The number of thioether (sulfide) groups is 1. The first-order chi connectivity index (χ1) is 20.2. The molecule has 0 atom stereocenters. The molecule has 0 spiro atoms. The molecule has 0 aliphatic heterocycles. The zero-order valence-corrected chi connectivity index (χ0v) is 27.3. The van der Waals surface area contributed by atoms with Crippen molar-refractivity contribution < 1.29 is 32.3 Å². The predicted molar refractivity (Wildman–Crippen MR) is 170 cm³/mol. The van der Waals surface area contributed by atoms with Gasteiger partial charge in [0.05, 0.1) is 33.2 Å². The van der Waals surface area contributed by atoms with Crippen LogP contribution in [0.2, 0.25) is 0 Å². The highest BCUT2D eigenvalue weighted by Crippen LogP contribution is 2.38. The van der Waals surface area contributed by atoms with Crippen LogP contribution in [0, 0.1) is 6.92 Å². The molecule has 2 aromatic carbocycles. The average molecular weight is 646 g/mol. The lowest BCUT2D eigenvalue weighted by Crippen LogP contribution is -2.29. The summed E-state index contributed by atoms with van der Waals surface area (Å²) >= 11 is 2.52. The molecule has 10 nitrogen and oxygen atoms in total. The second-order valence-electron chi connectivity index (χ2n) is 10.3. The molecule has 0 unspecified atom stereocenters. The number of amides is 2. The fraction of sp³-hybridized carbons (Fsp3) is 0.333. The monoisotopic (exact) mass is 645 g/mol. The molecule has 1 heterocycles. The minimum atomic E-state index is -3.95. The first-order valence-corrected chi connectivity index (χ1v) is 16.9. The fourth-order valence-electron chi connectivity index (χ4n) is 3.98. The number of hydrogen-bond donors (Lipinski definition) is 2. The number of anilines is 1. The van der Waals surface area contributed by atoms with Crippen LogP contribution in [0.5, 0.6) is 0 Å². The van der Waals surface area contributed by atoms with E-state index in [1.165, 1.54) is 41.4 Å². The van der Waals surface area contributed by atoms with Gasteiger partial charge in [-0.05, 0) is 76.3 Å². The third-order valence-electron chi connectivity index (χ3n) is 5.75. The number of thiophene rings is 1. The third-order valence-corrected chi connectivity index (χ3v) is 9.99. The predicted octanol–water partition coefficient (Wildman–Crippen LogP) is 6.42. The maximum Gasteiger partial charge on any atom is 0.428 e. The van der Waals surface area contributed by atoms with E-state index in [0.717, 1.165) is 5.56 Å². The number of carbonyl (C=O) groups is 3. The van der Waals surface area contributed by atoms with Crippen LogP contribution < -0.4 is 10.7 Å². The highest BCUT2D eigenvalue weighted by molar-refractivity contribution is 8.01. The van der Waals surface area contributed by atoms with Crippen molar-refractivity contribution in [2.75, 3.05) is 18.2 Å². The number of benzene rings is 2. The Labute approximate surface area is 260 Å². The van der Waals surface area contributed by atoms with Crippen molar-refractivity contribution in [2.45, 2.75) is 67.1 Å². The Morgan fingerprint density at radius 2 is 1.79 bits per heavy atom. The molecule has 230 valence electrons. The maximum atomic E-state index is 13.8. The number of nitrogens with one attached hydrogen (secondary N) is 2. The molecule has 0 radical (unpaired) electrons. The van der Waals surface area contributed by atoms with Crippen LogP contribution >= 0.6 is 23.1 Å². The van der Waals surface area contributed by atoms with Crippen LogP contribution in [0.3, 0.4) is 0 Å². The third kappa shape index (κ3) is 9.40. The highest BCUT2D eigenvalue weighted by atomic mass is 32.2. The molecule has 43 heavy (non-hydrogen) atoms. The number of aryl methyl sites for hydroxylation is 1. The van der Waals surface area contributed by atoms with E-state index in [1.807, 2.05) is 13.0 Å². The van der Waals surface area contributed by atoms with Gasteiger partial charge in [0.25, 0.3) is 0 Å². The van der Waals surface area contributed by atoms with Gasteiger partial charge in [-0.15, -0.1) is 23.1 Å². The van der Waals surface area contributed by atoms with Crippen LogP contribution in [-0.4, -0.2) is 51.1 Å². The van der Waals surface area contributed by atoms with Gasteiger partial charge in [-0.3, -0.25) is 9.59 Å². The summed E-state index contributed by atoms with van der Waals surface area (Å²) in [6.45, 7) is 9.01. The van der Waals surface area contributed by atoms with E-state index in [2.05, 4.69) is 15.8 Å². The van der Waals surface area contributed by atoms with Crippen molar-refractivity contribution in [1.29, 1.82) is 0 Å². The summed E-state index contributed by atoms with van der Waals surface area (Å²) in [7, 11) is -3.95. The second-order valence-corrected chi connectivity index (χ2v) is 14.3. The van der Waals surface area contributed by atoms with E-state index in [9.17, 15) is 22.8 Å². The molecular formula is C30H35N3O7S3. The van der Waals surface area contributed by atoms with Gasteiger partial charge in [0, 0.05) is 22.5 Å². The van der Waals surface area contributed by atoms with Gasteiger partial charge in [0.1, 0.15) is 5.60 Å². The summed E-state index contributed by atoms with van der Waals surface area (Å²) in [5, 5.41) is 6.74. The Morgan fingerprint density at radius 1 is 1.07 bits per heavy atom. The quantitative estimate of drug-likeness (QED) is 0.105. The zero-order chi connectivity index (χ0) is 31.8. The van der Waals surface area contributed by atoms with Crippen LogP contribution in [-0.2, 0) is 28.9 Å². The summed E-state index contributed by atoms with van der Waals surface area (Å²) in [6, 6.07) is 13.4. The number of ether oxygens (including phenoxy) is 2. The van der Waals surface area contributed by atoms with E-state index in [4.69, 9.17) is 9.47 Å². The minimum Gasteiger partial charge on any atom is -0.466 e. The maximum absolute atomic E-state index is 13.8. The number of hydrogen-bond acceptors (Lipinski definition) is 10. The lowest BCUT2D eigenvalue weighted by atomic mass is 9.98. The Kier molecular flexibility index (Phi) is 11.5. The number of carbonyl (C=O) groups excluding carboxylic acids is 3. The molecule has 0 saturated carbocycles. The first-order valence-electron chi connectivity index (χ1n) is 13.4. The summed E-state index contributed by atoms with van der Waals surface area (Å²) < 4.78 is 38.3. The van der Waals surface area contributed by atoms with Crippen molar-refractivity contribution in [1.82, 2.24) is 5.43 Å². The van der Waals surface area contributed by atoms with Crippen LogP contribution in [0.15, 0.2) is 67.6 Å². The van der Waals surface area contributed by atoms with Gasteiger partial charge >= 0.3 is 12.1 Å². The molecule has 0 aliphatic carbocycles. The van der Waals surface area contributed by atoms with Gasteiger partial charge in [0.2, 0.25) is 15.7 Å². The summed E-state index contributed by atoms with van der Waals surface area (Å²) in [6.07, 6.45) is 2.34. The molecule has 0 fully saturated rings. The van der Waals surface area contributed by atoms with Gasteiger partial charge in [-0.2, -0.15) is 5.10 Å².